The number of para-hydroxylation sites is 1. The van der Waals surface area contributed by atoms with Gasteiger partial charge in [-0.2, -0.15) is 0 Å². The van der Waals surface area contributed by atoms with Gasteiger partial charge in [0.2, 0.25) is 0 Å². The number of halogens is 2. The maximum Gasteiger partial charge on any atom is 0.124 e. The molecule has 1 nitrogen and oxygen atoms in total. The molecule has 0 amide bonds. The predicted octanol–water partition coefficient (Wildman–Crippen LogP) is 4.20. The summed E-state index contributed by atoms with van der Waals surface area (Å²) < 4.78 is 13.9. The molecule has 3 heteroatoms. The van der Waals surface area contributed by atoms with Crippen molar-refractivity contribution in [2.24, 2.45) is 0 Å². The Labute approximate surface area is 102 Å². The van der Waals surface area contributed by atoms with E-state index in [1.165, 1.54) is 12.1 Å². The molecule has 0 atom stereocenters. The Morgan fingerprint density at radius 3 is 2.50 bits per heavy atom. The van der Waals surface area contributed by atoms with E-state index in [1.807, 2.05) is 36.4 Å². The van der Waals surface area contributed by atoms with Gasteiger partial charge in [0.05, 0.1) is 0 Å². The van der Waals surface area contributed by atoms with Gasteiger partial charge in [0.15, 0.2) is 0 Å². The van der Waals surface area contributed by atoms with Crippen LogP contribution in [-0.4, -0.2) is 0 Å². The number of hydrogen-bond acceptors (Lipinski definition) is 1. The number of rotatable bonds is 3. The van der Waals surface area contributed by atoms with Crippen molar-refractivity contribution in [2.75, 3.05) is 5.32 Å². The molecule has 2 aromatic rings. The lowest BCUT2D eigenvalue weighted by atomic mass is 10.2. The summed E-state index contributed by atoms with van der Waals surface area (Å²) in [4.78, 5) is 0. The molecule has 0 unspecified atom stereocenters. The summed E-state index contributed by atoms with van der Waals surface area (Å²) in [5.41, 5.74) is 1.94. The van der Waals surface area contributed by atoms with Gasteiger partial charge in [-0.3, -0.25) is 0 Å². The lowest BCUT2D eigenvalue weighted by molar-refractivity contribution is 0.625. The summed E-state index contributed by atoms with van der Waals surface area (Å²) in [6.45, 7) is 0.611. The van der Waals surface area contributed by atoms with E-state index in [4.69, 9.17) is 0 Å². The fourth-order valence-electron chi connectivity index (χ4n) is 1.47. The Bertz CT molecular complexity index is 450. The third-order valence-corrected chi connectivity index (χ3v) is 2.65. The van der Waals surface area contributed by atoms with Crippen LogP contribution in [0.15, 0.2) is 53.0 Å². The zero-order valence-electron chi connectivity index (χ0n) is 8.58. The molecular formula is C13H11BrFN. The molecule has 0 radical (unpaired) electrons. The molecular weight excluding hydrogens is 269 g/mol. The molecule has 0 aliphatic rings. The second-order valence-corrected chi connectivity index (χ2v) is 4.41. The third kappa shape index (κ3) is 3.07. The Kier molecular flexibility index (Phi) is 3.57. The monoisotopic (exact) mass is 279 g/mol. The lowest BCUT2D eigenvalue weighted by Gasteiger charge is -2.06. The molecule has 0 saturated heterocycles. The first-order valence-corrected chi connectivity index (χ1v) is 5.77. The second-order valence-electron chi connectivity index (χ2n) is 3.50. The summed E-state index contributed by atoms with van der Waals surface area (Å²) in [6, 6.07) is 14.7. The first-order valence-electron chi connectivity index (χ1n) is 4.98. The van der Waals surface area contributed by atoms with Gasteiger partial charge in [-0.15, -0.1) is 0 Å². The van der Waals surface area contributed by atoms with Gasteiger partial charge in [-0.05, 0) is 35.9 Å². The lowest BCUT2D eigenvalue weighted by Crippen LogP contribution is -1.99. The van der Waals surface area contributed by atoms with Crippen LogP contribution in [0.5, 0.6) is 0 Å². The highest BCUT2D eigenvalue weighted by atomic mass is 79.9. The summed E-state index contributed by atoms with van der Waals surface area (Å²) in [7, 11) is 0. The van der Waals surface area contributed by atoms with Gasteiger partial charge in [-0.25, -0.2) is 4.39 Å². The van der Waals surface area contributed by atoms with Gasteiger partial charge in [0.25, 0.3) is 0 Å². The van der Waals surface area contributed by atoms with E-state index in [2.05, 4.69) is 21.2 Å². The van der Waals surface area contributed by atoms with Crippen LogP contribution in [-0.2, 0) is 6.54 Å². The molecule has 2 rings (SSSR count). The van der Waals surface area contributed by atoms with Gasteiger partial charge in [-0.1, -0.05) is 34.1 Å². The van der Waals surface area contributed by atoms with Crippen LogP contribution in [0.25, 0.3) is 0 Å². The fourth-order valence-corrected chi connectivity index (χ4v) is 1.99. The van der Waals surface area contributed by atoms with E-state index in [0.717, 1.165) is 15.7 Å². The van der Waals surface area contributed by atoms with Gasteiger partial charge < -0.3 is 5.32 Å². The first-order chi connectivity index (χ1) is 7.74. The summed E-state index contributed by atoms with van der Waals surface area (Å²) in [5, 5.41) is 3.23. The molecule has 2 aromatic carbocycles. The largest absolute Gasteiger partial charge is 0.381 e. The van der Waals surface area contributed by atoms with Crippen LogP contribution in [0.1, 0.15) is 5.56 Å². The Hall–Kier alpha value is -1.35. The van der Waals surface area contributed by atoms with Crippen LogP contribution in [0.2, 0.25) is 0 Å². The summed E-state index contributed by atoms with van der Waals surface area (Å²) in [6.07, 6.45) is 0. The van der Waals surface area contributed by atoms with Crippen LogP contribution in [0.3, 0.4) is 0 Å². The maximum atomic E-state index is 13.1. The first kappa shape index (κ1) is 11.1. The van der Waals surface area contributed by atoms with E-state index < -0.39 is 0 Å². The highest BCUT2D eigenvalue weighted by Gasteiger charge is 1.98. The number of anilines is 1. The van der Waals surface area contributed by atoms with E-state index in [-0.39, 0.29) is 5.82 Å². The van der Waals surface area contributed by atoms with E-state index in [1.54, 1.807) is 0 Å². The fraction of sp³-hybridized carbons (Fsp3) is 0.0769. The number of benzene rings is 2. The standard InChI is InChI=1S/C13H11BrFN/c14-11-6-10(7-12(15)8-11)9-16-13-4-2-1-3-5-13/h1-8,16H,9H2. The predicted molar refractivity (Wildman–Crippen MR) is 67.9 cm³/mol. The van der Waals surface area contributed by atoms with Crippen LogP contribution in [0.4, 0.5) is 10.1 Å². The van der Waals surface area contributed by atoms with E-state index in [0.29, 0.717) is 6.54 Å². The van der Waals surface area contributed by atoms with Gasteiger partial charge >= 0.3 is 0 Å². The number of hydrogen-bond donors (Lipinski definition) is 1. The smallest absolute Gasteiger partial charge is 0.124 e. The molecule has 0 spiro atoms. The van der Waals surface area contributed by atoms with Gasteiger partial charge in [0.1, 0.15) is 5.82 Å². The molecule has 1 N–H and O–H groups in total. The Morgan fingerprint density at radius 2 is 1.81 bits per heavy atom. The van der Waals surface area contributed by atoms with Crippen molar-refractivity contribution in [1.82, 2.24) is 0 Å². The molecule has 0 bridgehead atoms. The molecule has 0 saturated carbocycles. The average molecular weight is 280 g/mol. The SMILES string of the molecule is Fc1cc(Br)cc(CNc2ccccc2)c1. The maximum absolute atomic E-state index is 13.1. The van der Waals surface area contributed by atoms with E-state index >= 15 is 0 Å². The Morgan fingerprint density at radius 1 is 1.06 bits per heavy atom. The highest BCUT2D eigenvalue weighted by molar-refractivity contribution is 9.10. The molecule has 16 heavy (non-hydrogen) atoms. The van der Waals surface area contributed by atoms with Crippen LogP contribution >= 0.6 is 15.9 Å². The average Bonchev–Trinajstić information content (AvgIpc) is 2.27. The molecule has 0 aliphatic heterocycles. The topological polar surface area (TPSA) is 12.0 Å². The Balaban J connectivity index is 2.05. The summed E-state index contributed by atoms with van der Waals surface area (Å²) >= 11 is 3.27. The molecule has 0 aliphatic carbocycles. The van der Waals surface area contributed by atoms with Crippen molar-refractivity contribution in [3.05, 3.63) is 64.4 Å². The zero-order chi connectivity index (χ0) is 11.4. The van der Waals surface area contributed by atoms with Crippen molar-refractivity contribution < 1.29 is 4.39 Å². The third-order valence-electron chi connectivity index (χ3n) is 2.19. The highest BCUT2D eigenvalue weighted by Crippen LogP contribution is 2.16. The van der Waals surface area contributed by atoms with Crippen LogP contribution < -0.4 is 5.32 Å². The minimum Gasteiger partial charge on any atom is -0.381 e. The van der Waals surface area contributed by atoms with Crippen molar-refractivity contribution in [3.63, 3.8) is 0 Å². The molecule has 0 aromatic heterocycles. The minimum absolute atomic E-state index is 0.223. The zero-order valence-corrected chi connectivity index (χ0v) is 10.2. The summed E-state index contributed by atoms with van der Waals surface area (Å²) in [5.74, 6) is -0.223. The molecule has 0 heterocycles. The molecule has 82 valence electrons. The quantitative estimate of drug-likeness (QED) is 0.888. The second kappa shape index (κ2) is 5.12. The van der Waals surface area contributed by atoms with Crippen molar-refractivity contribution in [1.29, 1.82) is 0 Å². The van der Waals surface area contributed by atoms with Crippen molar-refractivity contribution >= 4 is 21.6 Å². The van der Waals surface area contributed by atoms with Crippen molar-refractivity contribution in [3.8, 4) is 0 Å². The van der Waals surface area contributed by atoms with Crippen LogP contribution in [0, 0.1) is 5.82 Å². The number of nitrogens with one attached hydrogen (secondary N) is 1. The van der Waals surface area contributed by atoms with Crippen molar-refractivity contribution in [2.45, 2.75) is 6.54 Å². The van der Waals surface area contributed by atoms with Gasteiger partial charge in [0, 0.05) is 16.7 Å². The minimum atomic E-state index is -0.223. The van der Waals surface area contributed by atoms with E-state index in [9.17, 15) is 4.39 Å². The molecule has 0 fully saturated rings. The normalized spacial score (nSPS) is 10.1.